The molecule has 18 nitrogen and oxygen atoms in total. The van der Waals surface area contributed by atoms with Gasteiger partial charge in [0.15, 0.2) is 5.78 Å². The normalized spacial score (nSPS) is 17.7. The summed E-state index contributed by atoms with van der Waals surface area (Å²) in [7, 11) is 0. The lowest BCUT2D eigenvalue weighted by Crippen LogP contribution is -2.57. The van der Waals surface area contributed by atoms with E-state index in [1.165, 1.54) is 11.8 Å². The molecule has 1 aliphatic carbocycles. The monoisotopic (exact) mass is 1030 g/mol. The molecule has 1 aromatic carbocycles. The van der Waals surface area contributed by atoms with Crippen LogP contribution in [0, 0.1) is 19.3 Å². The third-order valence-electron chi connectivity index (χ3n) is 14.7. The second kappa shape index (κ2) is 23.7. The van der Waals surface area contributed by atoms with Crippen LogP contribution in [0.25, 0.3) is 21.5 Å². The number of pyridine rings is 2. The molecule has 3 fully saturated rings. The number of unbranched alkanes of at least 4 members (excludes halogenated alkanes) is 4. The van der Waals surface area contributed by atoms with Crippen LogP contribution >= 0.6 is 11.3 Å². The van der Waals surface area contributed by atoms with Crippen molar-refractivity contribution in [3.05, 3.63) is 87.0 Å². The van der Waals surface area contributed by atoms with E-state index in [4.69, 9.17) is 4.98 Å². The quantitative estimate of drug-likeness (QED) is 0.0476. The molecule has 4 aromatic heterocycles. The Morgan fingerprint density at radius 3 is 2.22 bits per heavy atom. The average Bonchev–Trinajstić information content (AvgIpc) is 4.16. The molecule has 0 radical (unpaired) electrons. The average molecular weight is 1030 g/mol. The second-order valence-electron chi connectivity index (χ2n) is 21.2. The molecule has 8 rings (SSSR count). The molecule has 5 aromatic rings. The van der Waals surface area contributed by atoms with Crippen LogP contribution in [-0.4, -0.2) is 120 Å². The summed E-state index contributed by atoms with van der Waals surface area (Å²) in [5.74, 6) is -0.234. The van der Waals surface area contributed by atoms with Gasteiger partial charge in [-0.1, -0.05) is 77.1 Å². The highest BCUT2D eigenvalue weighted by atomic mass is 32.1. The summed E-state index contributed by atoms with van der Waals surface area (Å²) in [6.07, 6.45) is 11.2. The third-order valence-corrected chi connectivity index (χ3v) is 15.7. The summed E-state index contributed by atoms with van der Waals surface area (Å²) in [6.45, 7) is 13.7. The fourth-order valence-corrected chi connectivity index (χ4v) is 11.4. The van der Waals surface area contributed by atoms with Crippen molar-refractivity contribution in [2.45, 2.75) is 149 Å². The third kappa shape index (κ3) is 12.7. The second-order valence-corrected chi connectivity index (χ2v) is 22.1. The van der Waals surface area contributed by atoms with Crippen LogP contribution in [0.5, 0.6) is 0 Å². The summed E-state index contributed by atoms with van der Waals surface area (Å²) in [6, 6.07) is 9.99. The summed E-state index contributed by atoms with van der Waals surface area (Å²) < 4.78 is 1.69. The number of aryl methyl sites for hydroxylation is 2. The first kappa shape index (κ1) is 53.7. The number of β-amino-alcohol motifs (C(OH)–C–C–N with tert-alkyl or cyclic N) is 1. The number of fused-ring (bicyclic) bond motifs is 1. The summed E-state index contributed by atoms with van der Waals surface area (Å²) in [4.78, 5) is 105. The van der Waals surface area contributed by atoms with E-state index in [1.54, 1.807) is 35.2 Å². The van der Waals surface area contributed by atoms with E-state index >= 15 is 0 Å². The molecule has 3 atom stereocenters. The number of carbonyl (C=O) groups excluding carboxylic acids is 5. The van der Waals surface area contributed by atoms with E-state index in [0.29, 0.717) is 67.4 Å². The van der Waals surface area contributed by atoms with Crippen molar-refractivity contribution >= 4 is 69.2 Å². The van der Waals surface area contributed by atoms with Crippen LogP contribution in [0.4, 0.5) is 17.5 Å². The van der Waals surface area contributed by atoms with Crippen LogP contribution in [0.1, 0.15) is 138 Å². The lowest BCUT2D eigenvalue weighted by atomic mass is 9.85. The first-order valence-electron chi connectivity index (χ1n) is 26.2. The number of nitrogens with zero attached hydrogens (tertiary/aromatic N) is 8. The van der Waals surface area contributed by atoms with Crippen molar-refractivity contribution in [1.82, 2.24) is 44.9 Å². The maximum Gasteiger partial charge on any atom is 0.263 e. The van der Waals surface area contributed by atoms with Gasteiger partial charge in [0, 0.05) is 76.2 Å². The number of carbonyl (C=O) groups is 5. The van der Waals surface area contributed by atoms with Gasteiger partial charge < -0.3 is 35.8 Å². The maximum absolute atomic E-state index is 14.1. The molecule has 1 saturated carbocycles. The van der Waals surface area contributed by atoms with Crippen molar-refractivity contribution in [2.24, 2.45) is 5.41 Å². The fraction of sp³-hybridized carbons (Fsp3) is 0.527. The Labute approximate surface area is 436 Å². The van der Waals surface area contributed by atoms with Gasteiger partial charge >= 0.3 is 0 Å². The van der Waals surface area contributed by atoms with Crippen molar-refractivity contribution in [1.29, 1.82) is 0 Å². The smallest absolute Gasteiger partial charge is 0.263 e. The molecule has 0 bridgehead atoms. The Balaban J connectivity index is 0.730. The van der Waals surface area contributed by atoms with Crippen LogP contribution in [0.3, 0.4) is 0 Å². The van der Waals surface area contributed by atoms with E-state index in [-0.39, 0.29) is 72.5 Å². The van der Waals surface area contributed by atoms with Crippen LogP contribution in [0.2, 0.25) is 0 Å². The minimum absolute atomic E-state index is 0.0119. The Bertz CT molecular complexity index is 2880. The molecular formula is C55H71N11O7S. The highest BCUT2D eigenvalue weighted by Gasteiger charge is 2.44. The highest BCUT2D eigenvalue weighted by molar-refractivity contribution is 7.13. The first-order chi connectivity index (χ1) is 35.5. The van der Waals surface area contributed by atoms with E-state index in [0.717, 1.165) is 78.8 Å². The first-order valence-corrected chi connectivity index (χ1v) is 27.1. The molecular weight excluding hydrogens is 959 g/mol. The number of hydrogen-bond acceptors (Lipinski definition) is 14. The summed E-state index contributed by atoms with van der Waals surface area (Å²) in [5, 5.41) is 20.4. The Morgan fingerprint density at radius 1 is 0.865 bits per heavy atom. The van der Waals surface area contributed by atoms with Gasteiger partial charge in [0.05, 0.1) is 39.6 Å². The molecule has 394 valence electrons. The number of benzene rings is 1. The van der Waals surface area contributed by atoms with E-state index < -0.39 is 23.6 Å². The minimum atomic E-state index is -0.885. The van der Waals surface area contributed by atoms with Gasteiger partial charge in [0.2, 0.25) is 29.6 Å². The van der Waals surface area contributed by atoms with Crippen molar-refractivity contribution in [3.63, 3.8) is 0 Å². The predicted octanol–water partition coefficient (Wildman–Crippen LogP) is 7.18. The summed E-state index contributed by atoms with van der Waals surface area (Å²) in [5.41, 5.74) is 6.05. The topological polar surface area (TPSA) is 225 Å². The molecule has 6 heterocycles. The van der Waals surface area contributed by atoms with Gasteiger partial charge in [-0.2, -0.15) is 4.98 Å². The van der Waals surface area contributed by atoms with E-state index in [9.17, 15) is 33.9 Å². The Hall–Kier alpha value is -6.60. The number of hydrogen-bond donors (Lipinski definition) is 4. The van der Waals surface area contributed by atoms with Crippen molar-refractivity contribution in [3.8, 4) is 10.4 Å². The van der Waals surface area contributed by atoms with E-state index in [2.05, 4.69) is 35.8 Å². The predicted molar refractivity (Wildman–Crippen MR) is 286 cm³/mol. The molecule has 3 aliphatic rings. The number of rotatable bonds is 19. The van der Waals surface area contributed by atoms with Crippen LogP contribution < -0.4 is 26.4 Å². The maximum atomic E-state index is 14.1. The number of amides is 4. The lowest BCUT2D eigenvalue weighted by molar-refractivity contribution is -0.144. The number of thiazole rings is 1. The van der Waals surface area contributed by atoms with Crippen LogP contribution in [0.15, 0.2) is 59.1 Å². The standard InChI is InChI=1S/C55H71N11O7S/c1-34-42-31-58-54(62-50(42)66(39-14-12-13-15-39)52(72)47(34)36(3)67)60-44-23-22-40(30-56-44)63-24-26-64(27-25-63)46(70)17-11-9-7-8-10-16-45(69)61-49(55(4,5)6)53(73)65-32-41(68)28-43(65)51(71)57-29-37-18-20-38(21-19-37)48-35(2)59-33-74-48/h18-23,30-31,33,39,41,43,49,68H,7-17,24-29,32H2,1-6H3,(H,57,71)(H,61,69)(H,56,58,60,62)/t41-,43+,49-/m1/s1. The number of likely N-dealkylation sites (tertiary alicyclic amines) is 1. The zero-order valence-corrected chi connectivity index (χ0v) is 44.4. The van der Waals surface area contributed by atoms with Crippen molar-refractivity contribution < 1.29 is 29.1 Å². The zero-order chi connectivity index (χ0) is 52.7. The number of nitrogens with one attached hydrogen (secondary N) is 3. The molecule has 2 saturated heterocycles. The van der Waals surface area contributed by atoms with Gasteiger partial charge in [-0.05, 0) is 80.7 Å². The largest absolute Gasteiger partial charge is 0.391 e. The van der Waals surface area contributed by atoms with Gasteiger partial charge in [-0.25, -0.2) is 15.0 Å². The Kier molecular flexibility index (Phi) is 17.2. The number of aromatic nitrogens is 5. The number of aliphatic hydroxyl groups excluding tert-OH is 1. The number of piperazine rings is 1. The number of Topliss-reactive ketones (excluding diaryl/α,β-unsaturated/α-hetero) is 1. The molecule has 0 unspecified atom stereocenters. The zero-order valence-electron chi connectivity index (χ0n) is 43.6. The summed E-state index contributed by atoms with van der Waals surface area (Å²) >= 11 is 1.58. The molecule has 4 amide bonds. The van der Waals surface area contributed by atoms with Crippen molar-refractivity contribution in [2.75, 3.05) is 42.9 Å². The van der Waals surface area contributed by atoms with E-state index in [1.807, 2.05) is 74.5 Å². The number of anilines is 3. The molecule has 4 N–H and O–H groups in total. The molecule has 74 heavy (non-hydrogen) atoms. The Morgan fingerprint density at radius 2 is 1.57 bits per heavy atom. The van der Waals surface area contributed by atoms with Gasteiger partial charge in [0.1, 0.15) is 23.5 Å². The fourth-order valence-electron chi connectivity index (χ4n) is 10.5. The van der Waals surface area contributed by atoms with Gasteiger partial charge in [-0.3, -0.25) is 33.3 Å². The highest BCUT2D eigenvalue weighted by Crippen LogP contribution is 2.33. The van der Waals surface area contributed by atoms with Crippen LogP contribution in [-0.2, 0) is 25.7 Å². The minimum Gasteiger partial charge on any atom is -0.391 e. The number of aliphatic hydroxyl groups is 1. The van der Waals surface area contributed by atoms with Gasteiger partial charge in [0.25, 0.3) is 5.56 Å². The number of ketones is 1. The SMILES string of the molecule is CC(=O)c1c(C)c2cnc(Nc3ccc(N4CCN(C(=O)CCCCCCCC(=O)N[C@H](C(=O)N5C[C@H](O)C[C@H]5C(=O)NCc5ccc(-c6scnc6C)cc5)C(C)(C)C)CC4)cn3)nc2n(C2CCCC2)c1=O. The lowest BCUT2D eigenvalue weighted by Gasteiger charge is -2.36. The molecule has 19 heteroatoms. The molecule has 0 spiro atoms. The van der Waals surface area contributed by atoms with Gasteiger partial charge in [-0.15, -0.1) is 11.3 Å². The molecule has 2 aliphatic heterocycles.